The second kappa shape index (κ2) is 2.28. The average Bonchev–Trinajstić information content (AvgIpc) is 1.78. The van der Waals surface area contributed by atoms with Crippen molar-refractivity contribution in [1.29, 1.82) is 0 Å². The van der Waals surface area contributed by atoms with Gasteiger partial charge in [-0.3, -0.25) is 4.79 Å². The summed E-state index contributed by atoms with van der Waals surface area (Å²) >= 11 is 0. The first kappa shape index (κ1) is 7.05. The summed E-state index contributed by atoms with van der Waals surface area (Å²) in [5.41, 5.74) is 3.87. The van der Waals surface area contributed by atoms with Crippen LogP contribution in [0.25, 0.3) is 0 Å². The maximum Gasteiger partial charge on any atom is 0.405 e. The monoisotopic (exact) mass is 143 g/mol. The van der Waals surface area contributed by atoms with Gasteiger partial charge in [-0.15, -0.1) is 0 Å². The lowest BCUT2D eigenvalue weighted by atomic mass is 9.81. The SMILES string of the molecule is NC(=O)OC1(C=O)CCC1. The van der Waals surface area contributed by atoms with Crippen LogP contribution in [0.5, 0.6) is 0 Å². The third-order valence-electron chi connectivity index (χ3n) is 1.72. The molecule has 0 heterocycles. The van der Waals surface area contributed by atoms with E-state index >= 15 is 0 Å². The fraction of sp³-hybridized carbons (Fsp3) is 0.667. The van der Waals surface area contributed by atoms with Crippen molar-refractivity contribution >= 4 is 12.4 Å². The van der Waals surface area contributed by atoms with Crippen molar-refractivity contribution in [2.75, 3.05) is 0 Å². The van der Waals surface area contributed by atoms with Crippen LogP contribution in [-0.2, 0) is 9.53 Å². The number of amides is 1. The van der Waals surface area contributed by atoms with Gasteiger partial charge in [0.05, 0.1) is 0 Å². The summed E-state index contributed by atoms with van der Waals surface area (Å²) in [6.45, 7) is 0. The zero-order chi connectivity index (χ0) is 7.61. The van der Waals surface area contributed by atoms with E-state index in [0.717, 1.165) is 6.42 Å². The number of carbonyl (C=O) groups excluding carboxylic acids is 2. The summed E-state index contributed by atoms with van der Waals surface area (Å²) in [4.78, 5) is 20.5. The molecule has 1 rings (SSSR count). The summed E-state index contributed by atoms with van der Waals surface area (Å²) in [5.74, 6) is 0. The maximum absolute atomic E-state index is 10.3. The van der Waals surface area contributed by atoms with Gasteiger partial charge >= 0.3 is 6.09 Å². The third kappa shape index (κ3) is 1.10. The van der Waals surface area contributed by atoms with E-state index in [4.69, 9.17) is 5.73 Å². The Labute approximate surface area is 58.3 Å². The Kier molecular flexibility index (Phi) is 1.61. The predicted octanol–water partition coefficient (Wildman–Crippen LogP) is 0.203. The Bertz CT molecular complexity index is 162. The molecular weight excluding hydrogens is 134 g/mol. The van der Waals surface area contributed by atoms with Gasteiger partial charge in [0.1, 0.15) is 0 Å². The number of hydrogen-bond donors (Lipinski definition) is 1. The summed E-state index contributed by atoms with van der Waals surface area (Å²) in [6, 6.07) is 0. The summed E-state index contributed by atoms with van der Waals surface area (Å²) in [6.07, 6.45) is 1.93. The zero-order valence-corrected chi connectivity index (χ0v) is 5.50. The molecule has 0 atom stereocenters. The topological polar surface area (TPSA) is 69.4 Å². The fourth-order valence-corrected chi connectivity index (χ4v) is 0.970. The normalized spacial score (nSPS) is 20.8. The molecule has 0 aliphatic heterocycles. The van der Waals surface area contributed by atoms with Gasteiger partial charge < -0.3 is 10.5 Å². The van der Waals surface area contributed by atoms with Crippen LogP contribution < -0.4 is 5.73 Å². The van der Waals surface area contributed by atoms with Crippen LogP contribution in [0.4, 0.5) is 4.79 Å². The molecule has 0 unspecified atom stereocenters. The highest BCUT2D eigenvalue weighted by molar-refractivity contribution is 5.72. The van der Waals surface area contributed by atoms with Gasteiger partial charge in [-0.05, 0) is 19.3 Å². The molecule has 1 aliphatic rings. The Hall–Kier alpha value is -1.06. The Morgan fingerprint density at radius 2 is 2.20 bits per heavy atom. The highest BCUT2D eigenvalue weighted by Gasteiger charge is 2.40. The van der Waals surface area contributed by atoms with Crippen LogP contribution in [0.2, 0.25) is 0 Å². The Balaban J connectivity index is 2.48. The molecule has 0 aromatic rings. The largest absolute Gasteiger partial charge is 0.435 e. The first-order valence-corrected chi connectivity index (χ1v) is 3.13. The van der Waals surface area contributed by atoms with Gasteiger partial charge in [0.2, 0.25) is 0 Å². The van der Waals surface area contributed by atoms with Gasteiger partial charge in [0.15, 0.2) is 11.9 Å². The molecular formula is C6H9NO3. The molecule has 0 spiro atoms. The third-order valence-corrected chi connectivity index (χ3v) is 1.72. The molecule has 0 aromatic heterocycles. The number of ether oxygens (including phenoxy) is 1. The minimum Gasteiger partial charge on any atom is -0.435 e. The van der Waals surface area contributed by atoms with Crippen molar-refractivity contribution in [3.63, 3.8) is 0 Å². The molecule has 2 N–H and O–H groups in total. The highest BCUT2D eigenvalue weighted by Crippen LogP contribution is 2.33. The fourth-order valence-electron chi connectivity index (χ4n) is 0.970. The average molecular weight is 143 g/mol. The van der Waals surface area contributed by atoms with E-state index in [0.29, 0.717) is 19.1 Å². The standard InChI is InChI=1S/C6H9NO3/c7-5(9)10-6(4-8)2-1-3-6/h4H,1-3H2,(H2,7,9). The van der Waals surface area contributed by atoms with E-state index in [9.17, 15) is 9.59 Å². The second-order valence-corrected chi connectivity index (χ2v) is 2.46. The molecule has 0 saturated heterocycles. The van der Waals surface area contributed by atoms with Crippen LogP contribution >= 0.6 is 0 Å². The zero-order valence-electron chi connectivity index (χ0n) is 5.50. The Morgan fingerprint density at radius 1 is 1.60 bits per heavy atom. The molecule has 1 saturated carbocycles. The van der Waals surface area contributed by atoms with E-state index in [2.05, 4.69) is 4.74 Å². The van der Waals surface area contributed by atoms with Gasteiger partial charge in [-0.2, -0.15) is 0 Å². The number of rotatable bonds is 2. The lowest BCUT2D eigenvalue weighted by Gasteiger charge is -2.34. The predicted molar refractivity (Wildman–Crippen MR) is 33.3 cm³/mol. The molecule has 0 radical (unpaired) electrons. The van der Waals surface area contributed by atoms with E-state index in [-0.39, 0.29) is 0 Å². The molecule has 10 heavy (non-hydrogen) atoms. The number of nitrogens with two attached hydrogens (primary N) is 1. The molecule has 0 bridgehead atoms. The van der Waals surface area contributed by atoms with Crippen molar-refractivity contribution in [3.05, 3.63) is 0 Å². The van der Waals surface area contributed by atoms with E-state index < -0.39 is 11.7 Å². The maximum atomic E-state index is 10.3. The van der Waals surface area contributed by atoms with E-state index in [1.54, 1.807) is 0 Å². The van der Waals surface area contributed by atoms with Gasteiger partial charge in [0.25, 0.3) is 0 Å². The molecule has 4 heteroatoms. The van der Waals surface area contributed by atoms with Crippen molar-refractivity contribution in [2.45, 2.75) is 24.9 Å². The molecule has 56 valence electrons. The highest BCUT2D eigenvalue weighted by atomic mass is 16.6. The van der Waals surface area contributed by atoms with Gasteiger partial charge in [0, 0.05) is 0 Å². The second-order valence-electron chi connectivity index (χ2n) is 2.46. The first-order valence-electron chi connectivity index (χ1n) is 3.13. The van der Waals surface area contributed by atoms with Gasteiger partial charge in [-0.1, -0.05) is 0 Å². The van der Waals surface area contributed by atoms with Crippen molar-refractivity contribution in [1.82, 2.24) is 0 Å². The minimum atomic E-state index is -0.869. The summed E-state index contributed by atoms with van der Waals surface area (Å²) in [7, 11) is 0. The smallest absolute Gasteiger partial charge is 0.405 e. The summed E-state index contributed by atoms with van der Waals surface area (Å²) < 4.78 is 4.59. The molecule has 0 aromatic carbocycles. The van der Waals surface area contributed by atoms with E-state index in [1.807, 2.05) is 0 Å². The number of hydrogen-bond acceptors (Lipinski definition) is 3. The van der Waals surface area contributed by atoms with Crippen LogP contribution in [-0.4, -0.2) is 18.0 Å². The Morgan fingerprint density at radius 3 is 2.30 bits per heavy atom. The molecule has 1 fully saturated rings. The molecule has 1 amide bonds. The first-order chi connectivity index (χ1) is 4.68. The van der Waals surface area contributed by atoms with Crippen molar-refractivity contribution < 1.29 is 14.3 Å². The number of carbonyl (C=O) groups is 2. The number of aldehydes is 1. The van der Waals surface area contributed by atoms with Crippen LogP contribution in [0.15, 0.2) is 0 Å². The van der Waals surface area contributed by atoms with Crippen molar-refractivity contribution in [3.8, 4) is 0 Å². The van der Waals surface area contributed by atoms with Crippen LogP contribution in [0.3, 0.4) is 0 Å². The molecule has 4 nitrogen and oxygen atoms in total. The van der Waals surface area contributed by atoms with E-state index in [1.165, 1.54) is 0 Å². The lowest BCUT2D eigenvalue weighted by molar-refractivity contribution is -0.132. The van der Waals surface area contributed by atoms with Gasteiger partial charge in [-0.25, -0.2) is 4.79 Å². The number of primary amides is 1. The van der Waals surface area contributed by atoms with Crippen LogP contribution in [0, 0.1) is 0 Å². The summed E-state index contributed by atoms with van der Waals surface area (Å²) in [5, 5.41) is 0. The van der Waals surface area contributed by atoms with Crippen LogP contribution in [0.1, 0.15) is 19.3 Å². The molecule has 1 aliphatic carbocycles. The quantitative estimate of drug-likeness (QED) is 0.561. The van der Waals surface area contributed by atoms with Crippen molar-refractivity contribution in [2.24, 2.45) is 5.73 Å². The minimum absolute atomic E-state index is 0.611. The lowest BCUT2D eigenvalue weighted by Crippen LogP contribution is -2.44.